The fourth-order valence-electron chi connectivity index (χ4n) is 9.93. The van der Waals surface area contributed by atoms with Crippen LogP contribution < -0.4 is 0 Å². The molecule has 468 valence electrons. The van der Waals surface area contributed by atoms with Gasteiger partial charge in [0.15, 0.2) is 12.0 Å². The Hall–Kier alpha value is -3.28. The van der Waals surface area contributed by atoms with Gasteiger partial charge in [-0.2, -0.15) is 16.8 Å². The van der Waals surface area contributed by atoms with Crippen LogP contribution in [-0.2, 0) is 90.9 Å². The Labute approximate surface area is 459 Å². The molecule has 6 aliphatic rings. The van der Waals surface area contributed by atoms with Gasteiger partial charge in [0.2, 0.25) is 24.1 Å². The van der Waals surface area contributed by atoms with E-state index >= 15 is 0 Å². The first kappa shape index (κ1) is 66.9. The van der Waals surface area contributed by atoms with E-state index in [1.807, 2.05) is 0 Å². The number of carboxylic acids is 2. The summed E-state index contributed by atoms with van der Waals surface area (Å²) in [6.45, 7) is -4.19. The molecule has 26 atom stereocenters. The summed E-state index contributed by atoms with van der Waals surface area (Å²) >= 11 is 0. The summed E-state index contributed by atoms with van der Waals surface area (Å²) < 4.78 is 135. The maximum Gasteiger partial charge on any atom is 0.397 e. The summed E-state index contributed by atoms with van der Waals surface area (Å²) in [4.78, 5) is 24.5. The molecule has 4 fully saturated rings. The summed E-state index contributed by atoms with van der Waals surface area (Å²) in [7, 11) is -10.4. The lowest BCUT2D eigenvalue weighted by Crippen LogP contribution is -2.59. The van der Waals surface area contributed by atoms with Gasteiger partial charge in [0.25, 0.3) is 0 Å². The number of carbonyl (C=O) groups is 2. The van der Waals surface area contributed by atoms with Crippen LogP contribution in [0.4, 0.5) is 0 Å². The third-order valence-corrected chi connectivity index (χ3v) is 15.3. The van der Waals surface area contributed by atoms with Crippen LogP contribution >= 0.6 is 0 Å². The highest BCUT2D eigenvalue weighted by Gasteiger charge is 2.52. The van der Waals surface area contributed by atoms with Crippen molar-refractivity contribution in [3.8, 4) is 0 Å². The average Bonchev–Trinajstić information content (AvgIpc) is 3.42. The zero-order valence-corrected chi connectivity index (χ0v) is 44.3. The van der Waals surface area contributed by atoms with E-state index in [-0.39, 0.29) is 0 Å². The molecule has 36 nitrogen and oxygen atoms in total. The van der Waals surface area contributed by atoms with Crippen molar-refractivity contribution in [1.82, 2.24) is 0 Å². The maximum absolute atomic E-state index is 12.7. The minimum Gasteiger partial charge on any atom is -0.488 e. The highest BCUT2D eigenvalue weighted by molar-refractivity contribution is 7.81. The molecule has 0 bridgehead atoms. The molecule has 6 aliphatic heterocycles. The van der Waals surface area contributed by atoms with Crippen molar-refractivity contribution in [2.24, 2.45) is 23.7 Å². The molecule has 0 saturated carbocycles. The number of carboxylic acid groups (broad SMARTS) is 2. The third-order valence-electron chi connectivity index (χ3n) is 14.3. The van der Waals surface area contributed by atoms with E-state index in [4.69, 9.17) is 52.1 Å². The predicted octanol–water partition coefficient (Wildman–Crippen LogP) is -9.46. The van der Waals surface area contributed by atoms with Crippen molar-refractivity contribution in [2.75, 3.05) is 59.5 Å². The summed E-state index contributed by atoms with van der Waals surface area (Å²) in [5, 5.41) is 160. The van der Waals surface area contributed by atoms with Crippen molar-refractivity contribution in [2.45, 2.75) is 149 Å². The molecule has 17 unspecified atom stereocenters. The summed E-state index contributed by atoms with van der Waals surface area (Å²) in [6.07, 6.45) is -38.3. The van der Waals surface area contributed by atoms with Gasteiger partial charge in [0.1, 0.15) is 92.1 Å². The lowest BCUT2D eigenvalue weighted by Gasteiger charge is -2.46. The average molecular weight is 1230 g/mol. The monoisotopic (exact) mass is 1220 g/mol. The lowest BCUT2D eigenvalue weighted by atomic mass is 9.79. The van der Waals surface area contributed by atoms with Crippen molar-refractivity contribution < 1.29 is 173 Å². The molecule has 0 radical (unpaired) electrons. The van der Waals surface area contributed by atoms with E-state index in [0.29, 0.717) is 6.08 Å². The third kappa shape index (κ3) is 16.4. The molecule has 4 saturated heterocycles. The predicted molar refractivity (Wildman–Crippen MR) is 249 cm³/mol. The molecule has 6 rings (SSSR count). The minimum absolute atomic E-state index is 0.584. The van der Waals surface area contributed by atoms with Crippen molar-refractivity contribution in [1.29, 1.82) is 0 Å². The topological polar surface area (TPSA) is 566 Å². The fraction of sp³-hybridized carbons (Fsp3) is 0.860. The van der Waals surface area contributed by atoms with Crippen LogP contribution in [0, 0.1) is 23.7 Å². The van der Waals surface area contributed by atoms with Gasteiger partial charge in [-0.1, -0.05) is 0 Å². The molecular formula is C43H68O36S2. The molecule has 0 amide bonds. The quantitative estimate of drug-likeness (QED) is 0.0378. The van der Waals surface area contributed by atoms with E-state index in [0.717, 1.165) is 0 Å². The van der Waals surface area contributed by atoms with Crippen LogP contribution in [0.3, 0.4) is 0 Å². The number of aliphatic carboxylic acids is 2. The van der Waals surface area contributed by atoms with Gasteiger partial charge in [0, 0.05) is 23.7 Å². The number of hydrogen-bond donors (Lipinski definition) is 17. The summed E-state index contributed by atoms with van der Waals surface area (Å²) in [5.41, 5.74) is 0. The van der Waals surface area contributed by atoms with E-state index in [2.05, 4.69) is 8.37 Å². The Kier molecular flexibility index (Phi) is 23.3. The van der Waals surface area contributed by atoms with Crippen molar-refractivity contribution in [3.63, 3.8) is 0 Å². The Morgan fingerprint density at radius 1 is 0.506 bits per heavy atom. The molecule has 6 heterocycles. The molecule has 0 aliphatic carbocycles. The Morgan fingerprint density at radius 2 is 0.975 bits per heavy atom. The summed E-state index contributed by atoms with van der Waals surface area (Å²) in [6, 6.07) is 0. The van der Waals surface area contributed by atoms with Crippen LogP contribution in [-0.4, -0.2) is 309 Å². The second-order valence-corrected chi connectivity index (χ2v) is 21.9. The Morgan fingerprint density at radius 3 is 1.44 bits per heavy atom. The molecule has 38 heteroatoms. The Balaban J connectivity index is 1.19. The standard InChI is InChI=1S/C43H68O36S2/c1-13-26(47)35(78-80(61,62)63)31(52)24(72-13)10-67-6-16-15(8-70-42-30(51)19(46)3-20(76-42)39(56)57)23(74-21(4-44)28(16)49)12-69-37-33(54)34(55)43(77-38(37)40(58)59)71-9-18-17(29(50)22(5-45)75-41(18)60)7-68-11-25-32(53)36(79-81(64,65)66)27(48)14(2)73-25/h3,13-19,21-36,41-55,60H,4-12H2,1-2H3,(H,56,57)(H,58,59)(H,61,62,63)(H,64,65,66)/t13?,14?,15?,16?,17?,18?,19?,21?,22?,23-,24+,25+,26-,27-,28+,29+,30?,31?,32?,33?,34?,35?,36?,41?,42-,43-/m1/s1. The SMILES string of the molecule is CC1O[C@@H](COCC2C(CO[C@@H]3OC(C(=O)O)=C(OC[C@H]4OC(CO)[C@@H](O)C(COC[C@@H]5OC(C)[C@@H](O)C(OS(=O)(=O)O)C5O)C4CO[C@@H]4OC(C(=O)O)=CC(O)C4O)C(O)C3O)C(O)OC(CO)[C@H]2O)C(O)C(OS(=O)(=O)O)[C@@H]1O. The Bertz CT molecular complexity index is 2380. The normalized spacial score (nSPS) is 42.6. The second-order valence-electron chi connectivity index (χ2n) is 19.8. The molecule has 0 spiro atoms. The molecule has 0 aromatic heterocycles. The molecular weight excluding hydrogens is 1160 g/mol. The van der Waals surface area contributed by atoms with Gasteiger partial charge in [0.05, 0.1) is 83.4 Å². The highest BCUT2D eigenvalue weighted by atomic mass is 32.3. The highest BCUT2D eigenvalue weighted by Crippen LogP contribution is 2.38. The number of aliphatic hydroxyl groups excluding tert-OH is 13. The minimum atomic E-state index is -5.23. The van der Waals surface area contributed by atoms with Crippen LogP contribution in [0.15, 0.2) is 23.4 Å². The zero-order valence-electron chi connectivity index (χ0n) is 42.6. The maximum atomic E-state index is 12.7. The van der Waals surface area contributed by atoms with Gasteiger partial charge < -0.3 is 129 Å². The van der Waals surface area contributed by atoms with Gasteiger partial charge in [-0.15, -0.1) is 0 Å². The van der Waals surface area contributed by atoms with E-state index in [9.17, 15) is 112 Å². The van der Waals surface area contributed by atoms with Gasteiger partial charge in [-0.05, 0) is 19.9 Å². The molecule has 0 aromatic carbocycles. The molecule has 17 N–H and O–H groups in total. The van der Waals surface area contributed by atoms with Crippen LogP contribution in [0.1, 0.15) is 13.8 Å². The van der Waals surface area contributed by atoms with Gasteiger partial charge in [-0.3, -0.25) is 9.11 Å². The summed E-state index contributed by atoms with van der Waals surface area (Å²) in [5.74, 6) is -12.1. The number of rotatable bonds is 25. The number of hydrogen-bond acceptors (Lipinski definition) is 32. The molecule has 81 heavy (non-hydrogen) atoms. The van der Waals surface area contributed by atoms with E-state index in [1.54, 1.807) is 0 Å². The zero-order chi connectivity index (χ0) is 60.2. The second kappa shape index (κ2) is 28.3. The first-order valence-electron chi connectivity index (χ1n) is 24.8. The number of ether oxygens (including phenoxy) is 11. The first-order valence-corrected chi connectivity index (χ1v) is 27.5. The smallest absolute Gasteiger partial charge is 0.397 e. The van der Waals surface area contributed by atoms with Gasteiger partial charge >= 0.3 is 32.7 Å². The largest absolute Gasteiger partial charge is 0.488 e. The van der Waals surface area contributed by atoms with E-state index < -0.39 is 268 Å². The molecule has 0 aromatic rings. The fourth-order valence-corrected chi connectivity index (χ4v) is 10.9. The van der Waals surface area contributed by atoms with Crippen molar-refractivity contribution >= 4 is 32.7 Å². The number of aliphatic hydroxyl groups is 13. The van der Waals surface area contributed by atoms with Crippen LogP contribution in [0.25, 0.3) is 0 Å². The van der Waals surface area contributed by atoms with Crippen LogP contribution in [0.2, 0.25) is 0 Å². The van der Waals surface area contributed by atoms with E-state index in [1.165, 1.54) is 13.8 Å². The van der Waals surface area contributed by atoms with Crippen molar-refractivity contribution in [3.05, 3.63) is 23.4 Å². The van der Waals surface area contributed by atoms with Crippen LogP contribution in [0.5, 0.6) is 0 Å². The first-order chi connectivity index (χ1) is 37.9. The van der Waals surface area contributed by atoms with Gasteiger partial charge in [-0.25, -0.2) is 18.0 Å². The lowest BCUT2D eigenvalue weighted by molar-refractivity contribution is -0.287.